The number of hydrogen-bond donors (Lipinski definition) is 0. The Morgan fingerprint density at radius 1 is 1.45 bits per heavy atom. The molecule has 2 saturated carbocycles. The monoisotopic (exact) mass is 150 g/mol. The van der Waals surface area contributed by atoms with E-state index in [1.165, 1.54) is 38.5 Å². The van der Waals surface area contributed by atoms with Crippen LogP contribution >= 0.6 is 0 Å². The van der Waals surface area contributed by atoms with Crippen LogP contribution in [0.25, 0.3) is 0 Å². The van der Waals surface area contributed by atoms with Crippen LogP contribution in [-0.2, 0) is 0 Å². The molecule has 2 aliphatic rings. The molecule has 2 rings (SSSR count). The van der Waals surface area contributed by atoms with E-state index in [2.05, 4.69) is 19.1 Å². The normalized spacial score (nSPS) is 42.5. The first-order valence-corrected chi connectivity index (χ1v) is 5.05. The number of rotatable bonds is 2. The van der Waals surface area contributed by atoms with Gasteiger partial charge in [-0.05, 0) is 37.0 Å². The highest BCUT2D eigenvalue weighted by atomic mass is 14.6. The summed E-state index contributed by atoms with van der Waals surface area (Å²) in [5, 5.41) is 0. The maximum Gasteiger partial charge on any atom is -0.00867 e. The Labute approximate surface area is 69.7 Å². The molecule has 11 heavy (non-hydrogen) atoms. The zero-order chi connectivity index (χ0) is 7.73. The van der Waals surface area contributed by atoms with E-state index < -0.39 is 0 Å². The fourth-order valence-corrected chi connectivity index (χ4v) is 2.58. The lowest BCUT2D eigenvalue weighted by molar-refractivity contribution is 0.403. The fourth-order valence-electron chi connectivity index (χ4n) is 2.58. The minimum atomic E-state index is 0.717. The first-order chi connectivity index (χ1) is 5.37. The van der Waals surface area contributed by atoms with Gasteiger partial charge in [-0.1, -0.05) is 31.9 Å². The third kappa shape index (κ3) is 1.23. The largest absolute Gasteiger partial charge is 0.0882 e. The van der Waals surface area contributed by atoms with Gasteiger partial charge in [0.2, 0.25) is 0 Å². The van der Waals surface area contributed by atoms with Crippen LogP contribution in [0, 0.1) is 11.3 Å². The topological polar surface area (TPSA) is 0 Å². The summed E-state index contributed by atoms with van der Waals surface area (Å²) in [4.78, 5) is 0. The van der Waals surface area contributed by atoms with Gasteiger partial charge in [0.05, 0.1) is 0 Å². The molecule has 2 unspecified atom stereocenters. The Morgan fingerprint density at radius 2 is 2.36 bits per heavy atom. The van der Waals surface area contributed by atoms with Crippen LogP contribution in [-0.4, -0.2) is 0 Å². The third-order valence-corrected chi connectivity index (χ3v) is 3.41. The average molecular weight is 150 g/mol. The molecule has 62 valence electrons. The molecule has 0 aromatic carbocycles. The number of hydrogen-bond acceptors (Lipinski definition) is 0. The highest BCUT2D eigenvalue weighted by Gasteiger charge is 2.52. The molecule has 0 heteroatoms. The van der Waals surface area contributed by atoms with E-state index in [1.807, 2.05) is 0 Å². The van der Waals surface area contributed by atoms with Gasteiger partial charge >= 0.3 is 0 Å². The molecule has 0 amide bonds. The van der Waals surface area contributed by atoms with Crippen molar-refractivity contribution in [2.45, 2.75) is 45.4 Å². The molecule has 0 aromatic rings. The van der Waals surface area contributed by atoms with Crippen LogP contribution in [0.5, 0.6) is 0 Å². The summed E-state index contributed by atoms with van der Waals surface area (Å²) in [6.07, 6.45) is 13.6. The Morgan fingerprint density at radius 3 is 3.09 bits per heavy atom. The van der Waals surface area contributed by atoms with Crippen molar-refractivity contribution in [3.63, 3.8) is 0 Å². The van der Waals surface area contributed by atoms with Gasteiger partial charge in [0, 0.05) is 0 Å². The molecular formula is C11H18. The van der Waals surface area contributed by atoms with Gasteiger partial charge in [-0.3, -0.25) is 0 Å². The average Bonchev–Trinajstić information content (AvgIpc) is 2.75. The summed E-state index contributed by atoms with van der Waals surface area (Å²) in [5.41, 5.74) is 0.717. The third-order valence-electron chi connectivity index (χ3n) is 3.41. The zero-order valence-corrected chi connectivity index (χ0v) is 7.47. The summed E-state index contributed by atoms with van der Waals surface area (Å²) in [5.74, 6) is 1.08. The molecule has 0 nitrogen and oxygen atoms in total. The lowest BCUT2D eigenvalue weighted by Crippen LogP contribution is -2.05. The van der Waals surface area contributed by atoms with Crippen molar-refractivity contribution in [3.8, 4) is 0 Å². The summed E-state index contributed by atoms with van der Waals surface area (Å²) in [6.45, 7) is 2.23. The SMILES string of the molecule is CC/C=C/C12CCCCC1C2. The van der Waals surface area contributed by atoms with E-state index in [0.717, 1.165) is 5.92 Å². The van der Waals surface area contributed by atoms with Crippen molar-refractivity contribution in [1.82, 2.24) is 0 Å². The second-order valence-electron chi connectivity index (χ2n) is 4.19. The summed E-state index contributed by atoms with van der Waals surface area (Å²) < 4.78 is 0. The minimum absolute atomic E-state index is 0.717. The van der Waals surface area contributed by atoms with Crippen molar-refractivity contribution in [2.75, 3.05) is 0 Å². The molecular weight excluding hydrogens is 132 g/mol. The second-order valence-corrected chi connectivity index (χ2v) is 4.19. The lowest BCUT2D eigenvalue weighted by atomic mass is 9.88. The molecule has 0 heterocycles. The Balaban J connectivity index is 1.96. The molecule has 0 spiro atoms. The van der Waals surface area contributed by atoms with Crippen molar-refractivity contribution in [1.29, 1.82) is 0 Å². The first-order valence-electron chi connectivity index (χ1n) is 5.05. The predicted octanol–water partition coefficient (Wildman–Crippen LogP) is 3.53. The fraction of sp³-hybridized carbons (Fsp3) is 0.818. The van der Waals surface area contributed by atoms with E-state index in [4.69, 9.17) is 0 Å². The summed E-state index contributed by atoms with van der Waals surface area (Å²) in [6, 6.07) is 0. The quantitative estimate of drug-likeness (QED) is 0.528. The molecule has 0 saturated heterocycles. The highest BCUT2D eigenvalue weighted by Crippen LogP contribution is 2.62. The predicted molar refractivity (Wildman–Crippen MR) is 48.4 cm³/mol. The van der Waals surface area contributed by atoms with Crippen LogP contribution in [0.4, 0.5) is 0 Å². The number of fused-ring (bicyclic) bond motifs is 1. The van der Waals surface area contributed by atoms with Crippen LogP contribution < -0.4 is 0 Å². The van der Waals surface area contributed by atoms with Crippen molar-refractivity contribution in [3.05, 3.63) is 12.2 Å². The van der Waals surface area contributed by atoms with E-state index >= 15 is 0 Å². The standard InChI is InChI=1S/C11H18/c1-2-3-7-11-8-5-4-6-10(11)9-11/h3,7,10H,2,4-6,8-9H2,1H3/b7-3+. The number of allylic oxidation sites excluding steroid dienone is 2. The van der Waals surface area contributed by atoms with E-state index in [-0.39, 0.29) is 0 Å². The minimum Gasteiger partial charge on any atom is -0.0882 e. The van der Waals surface area contributed by atoms with Crippen LogP contribution in [0.3, 0.4) is 0 Å². The molecule has 0 bridgehead atoms. The van der Waals surface area contributed by atoms with Gasteiger partial charge in [0.15, 0.2) is 0 Å². The maximum absolute atomic E-state index is 2.51. The lowest BCUT2D eigenvalue weighted by Gasteiger charge is -2.17. The second kappa shape index (κ2) is 2.66. The van der Waals surface area contributed by atoms with Crippen LogP contribution in [0.15, 0.2) is 12.2 Å². The summed E-state index contributed by atoms with van der Waals surface area (Å²) in [7, 11) is 0. The van der Waals surface area contributed by atoms with Gasteiger partial charge in [-0.2, -0.15) is 0 Å². The smallest absolute Gasteiger partial charge is 0.00867 e. The molecule has 2 aliphatic carbocycles. The van der Waals surface area contributed by atoms with Gasteiger partial charge in [0.25, 0.3) is 0 Å². The van der Waals surface area contributed by atoms with Crippen molar-refractivity contribution < 1.29 is 0 Å². The molecule has 0 radical (unpaired) electrons. The van der Waals surface area contributed by atoms with Crippen molar-refractivity contribution >= 4 is 0 Å². The van der Waals surface area contributed by atoms with Gasteiger partial charge in [-0.25, -0.2) is 0 Å². The maximum atomic E-state index is 2.51. The van der Waals surface area contributed by atoms with E-state index in [1.54, 1.807) is 0 Å². The van der Waals surface area contributed by atoms with Gasteiger partial charge in [0.1, 0.15) is 0 Å². The molecule has 0 N–H and O–H groups in total. The Bertz CT molecular complexity index is 169. The van der Waals surface area contributed by atoms with Gasteiger partial charge < -0.3 is 0 Å². The highest BCUT2D eigenvalue weighted by molar-refractivity contribution is 5.15. The van der Waals surface area contributed by atoms with E-state index in [0.29, 0.717) is 5.41 Å². The molecule has 0 aromatic heterocycles. The van der Waals surface area contributed by atoms with Crippen molar-refractivity contribution in [2.24, 2.45) is 11.3 Å². The Hall–Kier alpha value is -0.260. The van der Waals surface area contributed by atoms with Crippen LogP contribution in [0.2, 0.25) is 0 Å². The zero-order valence-electron chi connectivity index (χ0n) is 7.47. The molecule has 2 fully saturated rings. The molecule has 0 aliphatic heterocycles. The van der Waals surface area contributed by atoms with Gasteiger partial charge in [-0.15, -0.1) is 0 Å². The molecule has 2 atom stereocenters. The Kier molecular flexibility index (Phi) is 1.78. The van der Waals surface area contributed by atoms with Crippen LogP contribution in [0.1, 0.15) is 45.4 Å². The first kappa shape index (κ1) is 7.39. The summed E-state index contributed by atoms with van der Waals surface area (Å²) >= 11 is 0. The van der Waals surface area contributed by atoms with E-state index in [9.17, 15) is 0 Å².